The molecule has 1 saturated heterocycles. The van der Waals surface area contributed by atoms with E-state index in [0.29, 0.717) is 6.04 Å². The SMILES string of the molecule is CC(N=C1NC(C)(C)CS1)C1CC1. The van der Waals surface area contributed by atoms with E-state index in [9.17, 15) is 0 Å². The van der Waals surface area contributed by atoms with Crippen molar-refractivity contribution in [3.8, 4) is 0 Å². The van der Waals surface area contributed by atoms with Crippen LogP contribution in [0.3, 0.4) is 0 Å². The van der Waals surface area contributed by atoms with Crippen molar-refractivity contribution < 1.29 is 0 Å². The second-order valence-corrected chi connectivity index (χ2v) is 5.77. The van der Waals surface area contributed by atoms with Crippen LogP contribution in [0.2, 0.25) is 0 Å². The summed E-state index contributed by atoms with van der Waals surface area (Å²) in [6.07, 6.45) is 2.76. The van der Waals surface area contributed by atoms with Gasteiger partial charge in [0, 0.05) is 11.3 Å². The van der Waals surface area contributed by atoms with Crippen LogP contribution in [0.4, 0.5) is 0 Å². The lowest BCUT2D eigenvalue weighted by atomic mass is 10.1. The molecule has 1 unspecified atom stereocenters. The van der Waals surface area contributed by atoms with Crippen LogP contribution in [0, 0.1) is 5.92 Å². The van der Waals surface area contributed by atoms with Gasteiger partial charge in [-0.25, -0.2) is 0 Å². The Labute approximate surface area is 84.6 Å². The first-order valence-corrected chi connectivity index (χ1v) is 6.04. The number of nitrogens with one attached hydrogen (secondary N) is 1. The van der Waals surface area contributed by atoms with Crippen LogP contribution in [0.1, 0.15) is 33.6 Å². The molecule has 74 valence electrons. The fraction of sp³-hybridized carbons (Fsp3) is 0.900. The lowest BCUT2D eigenvalue weighted by Crippen LogP contribution is -2.37. The minimum Gasteiger partial charge on any atom is -0.359 e. The first-order chi connectivity index (χ1) is 6.07. The second-order valence-electron chi connectivity index (χ2n) is 4.81. The number of aliphatic imine (C=N–C) groups is 1. The van der Waals surface area contributed by atoms with Crippen LogP contribution < -0.4 is 5.32 Å². The van der Waals surface area contributed by atoms with Gasteiger partial charge in [-0.2, -0.15) is 0 Å². The molecule has 2 aliphatic rings. The van der Waals surface area contributed by atoms with E-state index in [4.69, 9.17) is 4.99 Å². The standard InChI is InChI=1S/C10H18N2S/c1-7(8-4-5-8)11-9-12-10(2,3)6-13-9/h7-8H,4-6H2,1-3H3,(H,11,12). The number of amidine groups is 1. The Bertz CT molecular complexity index is 231. The number of hydrogen-bond acceptors (Lipinski definition) is 2. The molecule has 1 saturated carbocycles. The Morgan fingerprint density at radius 3 is 2.69 bits per heavy atom. The Kier molecular flexibility index (Phi) is 2.30. The van der Waals surface area contributed by atoms with E-state index in [1.54, 1.807) is 0 Å². The predicted molar refractivity (Wildman–Crippen MR) is 59.3 cm³/mol. The summed E-state index contributed by atoms with van der Waals surface area (Å²) < 4.78 is 0. The molecule has 0 spiro atoms. The minimum atomic E-state index is 0.243. The topological polar surface area (TPSA) is 24.4 Å². The maximum absolute atomic E-state index is 4.70. The van der Waals surface area contributed by atoms with Gasteiger partial charge in [0.25, 0.3) is 0 Å². The van der Waals surface area contributed by atoms with E-state index >= 15 is 0 Å². The van der Waals surface area contributed by atoms with E-state index in [1.165, 1.54) is 12.8 Å². The minimum absolute atomic E-state index is 0.243. The third kappa shape index (κ3) is 2.39. The molecule has 0 aromatic heterocycles. The first-order valence-electron chi connectivity index (χ1n) is 5.06. The number of thioether (sulfide) groups is 1. The zero-order valence-electron chi connectivity index (χ0n) is 8.63. The van der Waals surface area contributed by atoms with Crippen molar-refractivity contribution in [1.82, 2.24) is 5.32 Å². The average molecular weight is 198 g/mol. The molecule has 0 amide bonds. The summed E-state index contributed by atoms with van der Waals surface area (Å²) in [5.41, 5.74) is 0.243. The zero-order chi connectivity index (χ0) is 9.47. The average Bonchev–Trinajstić information content (AvgIpc) is 2.78. The largest absolute Gasteiger partial charge is 0.359 e. The molecule has 2 nitrogen and oxygen atoms in total. The fourth-order valence-electron chi connectivity index (χ4n) is 1.55. The van der Waals surface area contributed by atoms with E-state index in [0.717, 1.165) is 16.8 Å². The highest BCUT2D eigenvalue weighted by atomic mass is 32.2. The van der Waals surface area contributed by atoms with E-state index in [1.807, 2.05) is 11.8 Å². The molecule has 1 N–H and O–H groups in total. The number of nitrogens with zero attached hydrogens (tertiary/aromatic N) is 1. The van der Waals surface area contributed by atoms with E-state index < -0.39 is 0 Å². The Morgan fingerprint density at radius 2 is 2.23 bits per heavy atom. The maximum Gasteiger partial charge on any atom is 0.157 e. The van der Waals surface area contributed by atoms with Crippen molar-refractivity contribution in [1.29, 1.82) is 0 Å². The van der Waals surface area contributed by atoms with Crippen LogP contribution in [0.15, 0.2) is 4.99 Å². The summed E-state index contributed by atoms with van der Waals surface area (Å²) in [6, 6.07) is 0.531. The third-order valence-corrected chi connectivity index (χ3v) is 3.99. The number of rotatable bonds is 2. The van der Waals surface area contributed by atoms with Crippen molar-refractivity contribution in [3.05, 3.63) is 0 Å². The second kappa shape index (κ2) is 3.19. The maximum atomic E-state index is 4.70. The molecule has 3 heteroatoms. The highest BCUT2D eigenvalue weighted by Crippen LogP contribution is 2.35. The zero-order valence-corrected chi connectivity index (χ0v) is 9.45. The summed E-state index contributed by atoms with van der Waals surface area (Å²) in [4.78, 5) is 4.70. The lowest BCUT2D eigenvalue weighted by Gasteiger charge is -2.16. The molecule has 0 aromatic rings. The van der Waals surface area contributed by atoms with Crippen LogP contribution in [-0.2, 0) is 0 Å². The molecule has 1 aliphatic carbocycles. The van der Waals surface area contributed by atoms with Gasteiger partial charge in [0.15, 0.2) is 5.17 Å². The molecule has 0 bridgehead atoms. The summed E-state index contributed by atoms with van der Waals surface area (Å²) in [5.74, 6) is 2.02. The molecular weight excluding hydrogens is 180 g/mol. The summed E-state index contributed by atoms with van der Waals surface area (Å²) in [7, 11) is 0. The van der Waals surface area contributed by atoms with Gasteiger partial charge in [-0.15, -0.1) is 0 Å². The highest BCUT2D eigenvalue weighted by molar-refractivity contribution is 8.14. The van der Waals surface area contributed by atoms with Gasteiger partial charge in [0.05, 0.1) is 6.04 Å². The molecule has 13 heavy (non-hydrogen) atoms. The molecule has 0 radical (unpaired) electrons. The van der Waals surface area contributed by atoms with Crippen molar-refractivity contribution >= 4 is 16.9 Å². The Morgan fingerprint density at radius 1 is 1.54 bits per heavy atom. The van der Waals surface area contributed by atoms with Gasteiger partial charge in [0.1, 0.15) is 0 Å². The van der Waals surface area contributed by atoms with Gasteiger partial charge in [0.2, 0.25) is 0 Å². The van der Waals surface area contributed by atoms with Crippen molar-refractivity contribution in [2.24, 2.45) is 10.9 Å². The van der Waals surface area contributed by atoms with Crippen LogP contribution in [0.5, 0.6) is 0 Å². The van der Waals surface area contributed by atoms with Crippen LogP contribution in [0.25, 0.3) is 0 Å². The summed E-state index contributed by atoms with van der Waals surface area (Å²) in [6.45, 7) is 6.69. The van der Waals surface area contributed by atoms with E-state index in [-0.39, 0.29) is 5.54 Å². The van der Waals surface area contributed by atoms with Gasteiger partial charge in [-0.05, 0) is 39.5 Å². The summed E-state index contributed by atoms with van der Waals surface area (Å²) >= 11 is 1.86. The van der Waals surface area contributed by atoms with Crippen molar-refractivity contribution in [3.63, 3.8) is 0 Å². The Balaban J connectivity index is 1.93. The highest BCUT2D eigenvalue weighted by Gasteiger charge is 2.31. The fourth-order valence-corrected chi connectivity index (χ4v) is 2.71. The predicted octanol–water partition coefficient (Wildman–Crippen LogP) is 2.26. The van der Waals surface area contributed by atoms with Crippen LogP contribution in [-0.4, -0.2) is 22.5 Å². The van der Waals surface area contributed by atoms with Crippen LogP contribution >= 0.6 is 11.8 Å². The monoisotopic (exact) mass is 198 g/mol. The molecule has 2 fully saturated rings. The smallest absolute Gasteiger partial charge is 0.157 e. The lowest BCUT2D eigenvalue weighted by molar-refractivity contribution is 0.533. The molecular formula is C10H18N2S. The van der Waals surface area contributed by atoms with Crippen molar-refractivity contribution in [2.45, 2.75) is 45.2 Å². The normalized spacial score (nSPS) is 31.8. The molecule has 1 atom stereocenters. The molecule has 2 rings (SSSR count). The Hall–Kier alpha value is -0.180. The van der Waals surface area contributed by atoms with E-state index in [2.05, 4.69) is 26.1 Å². The van der Waals surface area contributed by atoms with Crippen molar-refractivity contribution in [2.75, 3.05) is 5.75 Å². The van der Waals surface area contributed by atoms with Gasteiger partial charge in [-0.3, -0.25) is 4.99 Å². The van der Waals surface area contributed by atoms with Gasteiger partial charge >= 0.3 is 0 Å². The first kappa shape index (κ1) is 9.38. The molecule has 1 aliphatic heterocycles. The van der Waals surface area contributed by atoms with Gasteiger partial charge in [-0.1, -0.05) is 11.8 Å². The van der Waals surface area contributed by atoms with Gasteiger partial charge < -0.3 is 5.32 Å². The molecule has 1 heterocycles. The quantitative estimate of drug-likeness (QED) is 0.736. The summed E-state index contributed by atoms with van der Waals surface area (Å²) in [5, 5.41) is 4.61. The third-order valence-electron chi connectivity index (χ3n) is 2.64. The number of hydrogen-bond donors (Lipinski definition) is 1. The molecule has 0 aromatic carbocycles.